The summed E-state index contributed by atoms with van der Waals surface area (Å²) < 4.78 is 38.4. The minimum atomic E-state index is -2.04. The maximum Gasteiger partial charge on any atom is 0.166 e. The number of fused-ring (bicyclic) bond motifs is 1. The van der Waals surface area contributed by atoms with E-state index in [0.29, 0.717) is 33.6 Å². The highest BCUT2D eigenvalue weighted by Crippen LogP contribution is 2.49. The van der Waals surface area contributed by atoms with Gasteiger partial charge in [-0.2, -0.15) is 0 Å². The van der Waals surface area contributed by atoms with E-state index in [2.05, 4.69) is 58.4 Å². The van der Waals surface area contributed by atoms with Crippen LogP contribution in [0.1, 0.15) is 59.1 Å². The van der Waals surface area contributed by atoms with E-state index in [0.717, 1.165) is 29.2 Å². The minimum absolute atomic E-state index is 0.0718. The molecule has 2 aliphatic heterocycles. The number of rotatable bonds is 9. The first-order valence-electron chi connectivity index (χ1n) is 13.1. The monoisotopic (exact) mass is 542 g/mol. The number of nitrogens with zero attached hydrogens (tertiary/aromatic N) is 2. The second-order valence-corrected chi connectivity index (χ2v) is 17.2. The largest absolute Gasteiger partial charge is 0.486 e. The van der Waals surface area contributed by atoms with Crippen molar-refractivity contribution in [2.24, 2.45) is 4.99 Å². The van der Waals surface area contributed by atoms with Gasteiger partial charge in [-0.1, -0.05) is 71.4 Å². The van der Waals surface area contributed by atoms with E-state index in [-0.39, 0.29) is 18.5 Å². The highest BCUT2D eigenvalue weighted by atomic mass is 35.5. The molecular weight excluding hydrogens is 506 g/mol. The summed E-state index contributed by atoms with van der Waals surface area (Å²) in [6.45, 7) is 14.1. The molecule has 1 unspecified atom stereocenters. The van der Waals surface area contributed by atoms with Crippen LogP contribution >= 0.6 is 11.6 Å². The van der Waals surface area contributed by atoms with E-state index in [4.69, 9.17) is 21.3 Å². The Kier molecular flexibility index (Phi) is 8.29. The van der Waals surface area contributed by atoms with Gasteiger partial charge in [0, 0.05) is 30.1 Å². The number of halogens is 3. The fourth-order valence-corrected chi connectivity index (χ4v) is 13.4. The average molecular weight is 543 g/mol. The van der Waals surface area contributed by atoms with Gasteiger partial charge in [0.2, 0.25) is 0 Å². The molecule has 0 fully saturated rings. The van der Waals surface area contributed by atoms with Gasteiger partial charge in [-0.15, -0.1) is 0 Å². The van der Waals surface area contributed by atoms with Crippen LogP contribution in [0.2, 0.25) is 21.6 Å². The van der Waals surface area contributed by atoms with Crippen molar-refractivity contribution in [2.75, 3.05) is 0 Å². The Morgan fingerprint density at radius 3 is 2.27 bits per heavy atom. The van der Waals surface area contributed by atoms with Crippen LogP contribution in [0.3, 0.4) is 0 Å². The molecule has 0 saturated heterocycles. The summed E-state index contributed by atoms with van der Waals surface area (Å²) in [6.07, 6.45) is 7.39. The van der Waals surface area contributed by atoms with Gasteiger partial charge in [0.25, 0.3) is 0 Å². The van der Waals surface area contributed by atoms with Crippen LogP contribution in [-0.4, -0.2) is 25.2 Å². The summed E-state index contributed by atoms with van der Waals surface area (Å²) in [5, 5.41) is 0.612. The van der Waals surface area contributed by atoms with Gasteiger partial charge in [0.05, 0.1) is 0 Å². The van der Waals surface area contributed by atoms with Crippen LogP contribution in [0.4, 0.5) is 8.78 Å². The summed E-state index contributed by atoms with van der Waals surface area (Å²) in [5.74, 6) is -1.13. The summed E-state index contributed by atoms with van der Waals surface area (Å²) in [7, 11) is -2.04. The van der Waals surface area contributed by atoms with Gasteiger partial charge in [0.15, 0.2) is 19.8 Å². The maximum atomic E-state index is 15.3. The van der Waals surface area contributed by atoms with Crippen LogP contribution in [0.5, 0.6) is 5.75 Å². The Bertz CT molecular complexity index is 1200. The predicted octanol–water partition coefficient (Wildman–Crippen LogP) is 8.84. The van der Waals surface area contributed by atoms with Crippen LogP contribution in [0.25, 0.3) is 0 Å². The van der Waals surface area contributed by atoms with Crippen LogP contribution in [-0.2, 0) is 13.0 Å². The summed E-state index contributed by atoms with van der Waals surface area (Å²) in [5.41, 5.74) is 4.82. The van der Waals surface area contributed by atoms with Gasteiger partial charge < -0.3 is 9.30 Å². The van der Waals surface area contributed by atoms with Crippen molar-refractivity contribution in [3.05, 3.63) is 87.6 Å². The van der Waals surface area contributed by atoms with E-state index in [1.807, 2.05) is 6.21 Å². The van der Waals surface area contributed by atoms with E-state index in [9.17, 15) is 0 Å². The molecule has 2 aliphatic rings. The molecule has 0 amide bonds. The molecule has 4 rings (SSSR count). The van der Waals surface area contributed by atoms with Crippen LogP contribution < -0.4 is 4.74 Å². The third-order valence-corrected chi connectivity index (χ3v) is 15.0. The van der Waals surface area contributed by atoms with Crippen LogP contribution in [0.15, 0.2) is 64.8 Å². The van der Waals surface area contributed by atoms with Gasteiger partial charge in [-0.3, -0.25) is 4.99 Å². The number of aliphatic imine (C=N–C) groups is 1. The average Bonchev–Trinajstić information content (AvgIpc) is 3.19. The molecule has 0 aromatic heterocycles. The van der Waals surface area contributed by atoms with E-state index in [1.165, 1.54) is 6.07 Å². The zero-order chi connectivity index (χ0) is 26.9. The summed E-state index contributed by atoms with van der Waals surface area (Å²) in [6, 6.07) is 9.52. The second-order valence-electron chi connectivity index (χ2n) is 11.0. The highest BCUT2D eigenvalue weighted by Gasteiger charge is 2.52. The lowest BCUT2D eigenvalue weighted by Crippen LogP contribution is -2.60. The van der Waals surface area contributed by atoms with Crippen LogP contribution in [0, 0.1) is 11.6 Å². The van der Waals surface area contributed by atoms with Gasteiger partial charge in [-0.25, -0.2) is 8.78 Å². The molecule has 0 radical (unpaired) electrons. The Morgan fingerprint density at radius 1 is 1.00 bits per heavy atom. The van der Waals surface area contributed by atoms with Crippen molar-refractivity contribution in [1.29, 1.82) is 0 Å². The zero-order valence-corrected chi connectivity index (χ0v) is 24.3. The first-order chi connectivity index (χ1) is 17.5. The smallest absolute Gasteiger partial charge is 0.166 e. The van der Waals surface area contributed by atoms with E-state index < -0.39 is 19.9 Å². The molecule has 0 saturated carbocycles. The standard InChI is InChI=1S/C30H37ClF2N2OSi/c1-19(2)37(20(3)4,21(5)6)35-17-24(26-8-7-13-34-30(26)35)14-23-15-28(33)29(16-27(23)32)36-18-22-9-11-25(31)12-10-22/h8-13,15-17,19-21,30H,7,14,18H2,1-6H3. The molecule has 1 atom stereocenters. The number of ether oxygens (including phenoxy) is 1. The van der Waals surface area contributed by atoms with Gasteiger partial charge >= 0.3 is 0 Å². The Labute approximate surface area is 226 Å². The van der Waals surface area contributed by atoms with E-state index in [1.54, 1.807) is 24.3 Å². The lowest BCUT2D eigenvalue weighted by atomic mass is 9.97. The number of dihydropyridines is 1. The molecule has 37 heavy (non-hydrogen) atoms. The molecule has 0 spiro atoms. The van der Waals surface area contributed by atoms with Crippen molar-refractivity contribution in [2.45, 2.75) is 83.8 Å². The van der Waals surface area contributed by atoms with Crippen molar-refractivity contribution < 1.29 is 13.5 Å². The predicted molar refractivity (Wildman–Crippen MR) is 152 cm³/mol. The second kappa shape index (κ2) is 11.1. The third-order valence-electron chi connectivity index (χ3n) is 7.91. The lowest BCUT2D eigenvalue weighted by Gasteiger charge is -2.51. The first-order valence-corrected chi connectivity index (χ1v) is 15.7. The molecule has 0 N–H and O–H groups in total. The highest BCUT2D eigenvalue weighted by molar-refractivity contribution is 6.81. The minimum Gasteiger partial charge on any atom is -0.486 e. The van der Waals surface area contributed by atoms with E-state index >= 15 is 8.78 Å². The number of hydrogen-bond acceptors (Lipinski definition) is 3. The molecule has 7 heteroatoms. The van der Waals surface area contributed by atoms with Gasteiger partial charge in [-0.05, 0) is 63.3 Å². The first kappa shape index (κ1) is 27.6. The zero-order valence-electron chi connectivity index (χ0n) is 22.6. The number of benzene rings is 2. The Balaban J connectivity index is 1.62. The molecule has 0 bridgehead atoms. The molecular formula is C30H37ClF2N2OSi. The quantitative estimate of drug-likeness (QED) is 0.296. The summed E-state index contributed by atoms with van der Waals surface area (Å²) >= 11 is 5.92. The van der Waals surface area contributed by atoms with Gasteiger partial charge in [0.1, 0.15) is 18.6 Å². The van der Waals surface area contributed by atoms with Crippen molar-refractivity contribution in [1.82, 2.24) is 4.57 Å². The number of hydrogen-bond donors (Lipinski definition) is 0. The topological polar surface area (TPSA) is 24.8 Å². The SMILES string of the molecule is CC(C)[Si](C(C)C)(C(C)C)N1C=C(Cc2cc(F)c(OCc3ccc(Cl)cc3)cc2F)C2=CCC=NC21. The fourth-order valence-electron chi connectivity index (χ4n) is 6.49. The Morgan fingerprint density at radius 2 is 1.65 bits per heavy atom. The van der Waals surface area contributed by atoms with Crippen molar-refractivity contribution >= 4 is 26.1 Å². The lowest BCUT2D eigenvalue weighted by molar-refractivity contribution is 0.288. The van der Waals surface area contributed by atoms with Crippen molar-refractivity contribution in [3.63, 3.8) is 0 Å². The molecule has 2 aromatic carbocycles. The molecule has 198 valence electrons. The molecule has 2 heterocycles. The molecule has 2 aromatic rings. The summed E-state index contributed by atoms with van der Waals surface area (Å²) in [4.78, 5) is 4.91. The van der Waals surface area contributed by atoms with Crippen molar-refractivity contribution in [3.8, 4) is 5.75 Å². The normalized spacial score (nSPS) is 17.5. The fraction of sp³-hybridized carbons (Fsp3) is 0.433. The maximum absolute atomic E-state index is 15.3. The molecule has 0 aliphatic carbocycles. The Hall–Kier alpha value is -2.44. The molecule has 3 nitrogen and oxygen atoms in total. The third kappa shape index (κ3) is 5.28. The number of allylic oxidation sites excluding steroid dienone is 1.